The summed E-state index contributed by atoms with van der Waals surface area (Å²) >= 11 is 0. The number of alkyl halides is 3. The predicted molar refractivity (Wildman–Crippen MR) is 175 cm³/mol. The van der Waals surface area contributed by atoms with Crippen molar-refractivity contribution in [3.8, 4) is 22.8 Å². The summed E-state index contributed by atoms with van der Waals surface area (Å²) in [6, 6.07) is 7.28. The monoisotopic (exact) mass is 677 g/mol. The average molecular weight is 678 g/mol. The summed E-state index contributed by atoms with van der Waals surface area (Å²) in [5.74, 6) is -0.281. The quantitative estimate of drug-likeness (QED) is 0.211. The van der Waals surface area contributed by atoms with Crippen LogP contribution in [0.1, 0.15) is 29.3 Å². The van der Waals surface area contributed by atoms with E-state index in [-0.39, 0.29) is 36.3 Å². The van der Waals surface area contributed by atoms with Gasteiger partial charge in [0.05, 0.1) is 46.6 Å². The molecule has 2 aliphatic rings. The van der Waals surface area contributed by atoms with E-state index >= 15 is 4.39 Å². The number of carbonyl (C=O) groups is 1. The first-order valence-corrected chi connectivity index (χ1v) is 15.9. The summed E-state index contributed by atoms with van der Waals surface area (Å²) in [6.07, 6.45) is 1.75. The Morgan fingerprint density at radius 3 is 2.57 bits per heavy atom. The summed E-state index contributed by atoms with van der Waals surface area (Å²) < 4.78 is 65.2. The van der Waals surface area contributed by atoms with Gasteiger partial charge < -0.3 is 24.8 Å². The number of hydrogen-bond acceptors (Lipinski definition) is 7. The topological polar surface area (TPSA) is 107 Å². The number of aryl methyl sites for hydroxylation is 1. The highest BCUT2D eigenvalue weighted by Crippen LogP contribution is 2.37. The Kier molecular flexibility index (Phi) is 8.48. The fraction of sp³-hybridized carbons (Fsp3) is 0.353. The van der Waals surface area contributed by atoms with Crippen LogP contribution in [0.5, 0.6) is 11.5 Å². The van der Waals surface area contributed by atoms with Crippen molar-refractivity contribution >= 4 is 22.8 Å². The van der Waals surface area contributed by atoms with E-state index in [1.54, 1.807) is 41.0 Å². The molecule has 11 nitrogen and oxygen atoms in total. The molecule has 0 saturated carbocycles. The maximum Gasteiger partial charge on any atom is 0.418 e. The number of rotatable bonds is 6. The lowest BCUT2D eigenvalue weighted by atomic mass is 9.95. The number of carbonyl (C=O) groups excluding carboxylic acids is 1. The van der Waals surface area contributed by atoms with E-state index in [0.717, 1.165) is 42.0 Å². The van der Waals surface area contributed by atoms with E-state index < -0.39 is 23.6 Å². The molecule has 1 saturated heterocycles. The van der Waals surface area contributed by atoms with E-state index in [2.05, 4.69) is 30.3 Å². The van der Waals surface area contributed by atoms with Crippen LogP contribution in [0, 0.1) is 5.82 Å². The highest BCUT2D eigenvalue weighted by atomic mass is 19.4. The van der Waals surface area contributed by atoms with Gasteiger partial charge in [-0.05, 0) is 55.8 Å². The zero-order valence-electron chi connectivity index (χ0n) is 27.2. The van der Waals surface area contributed by atoms with Gasteiger partial charge >= 0.3 is 12.2 Å². The lowest BCUT2D eigenvalue weighted by molar-refractivity contribution is -0.138. The van der Waals surface area contributed by atoms with Gasteiger partial charge in [0.15, 0.2) is 11.6 Å². The second-order valence-electron chi connectivity index (χ2n) is 12.7. The first kappa shape index (κ1) is 32.5. The number of likely N-dealkylation sites (N-methyl/N-ethyl adjacent to an activating group) is 1. The van der Waals surface area contributed by atoms with Crippen LogP contribution in [0.25, 0.3) is 22.3 Å². The molecule has 1 fully saturated rings. The van der Waals surface area contributed by atoms with Gasteiger partial charge in [0.2, 0.25) is 0 Å². The zero-order chi connectivity index (χ0) is 34.4. The van der Waals surface area contributed by atoms with Gasteiger partial charge in [0.1, 0.15) is 11.4 Å². The second kappa shape index (κ2) is 12.8. The molecule has 2 amide bonds. The largest absolute Gasteiger partial charge is 0.453 e. The molecule has 256 valence electrons. The number of ether oxygens (including phenoxy) is 1. The van der Waals surface area contributed by atoms with E-state index in [1.807, 2.05) is 31.1 Å². The van der Waals surface area contributed by atoms with Crippen molar-refractivity contribution in [2.45, 2.75) is 38.7 Å². The molecule has 0 aliphatic carbocycles. The standard InChI is InChI=1S/C34H35F4N9O2/c1-20-10-21-4-5-25(49-31-26-13-29(23-14-41-45(3)17-23)43-32(26)40-16-28(31)35)11-22(21)18-47(20)33(48)42-24-12-27(34(36,37)38)30(39-15-24)19-46-8-6-44(2)7-9-46/h4-5,11-17,20H,6-10,18-19H2,1-3H3,(H,40,43)(H,42,48)/t20-/m1/s1. The molecule has 0 radical (unpaired) electrons. The molecular formula is C34H35F4N9O2. The number of nitrogens with one attached hydrogen (secondary N) is 2. The molecule has 49 heavy (non-hydrogen) atoms. The molecule has 2 aliphatic heterocycles. The zero-order valence-corrected chi connectivity index (χ0v) is 27.2. The highest BCUT2D eigenvalue weighted by Gasteiger charge is 2.36. The van der Waals surface area contributed by atoms with Gasteiger partial charge in [-0.25, -0.2) is 14.2 Å². The molecule has 1 aromatic carbocycles. The number of urea groups is 1. The third-order valence-electron chi connectivity index (χ3n) is 9.12. The van der Waals surface area contributed by atoms with E-state index in [9.17, 15) is 18.0 Å². The molecule has 0 spiro atoms. The molecule has 0 unspecified atom stereocenters. The summed E-state index contributed by atoms with van der Waals surface area (Å²) in [7, 11) is 3.78. The Morgan fingerprint density at radius 1 is 1.04 bits per heavy atom. The van der Waals surface area contributed by atoms with Crippen LogP contribution in [0.3, 0.4) is 0 Å². The SMILES string of the molecule is C[C@@H]1Cc2ccc(Oc3c(F)cnc4[nH]c(-c5cnn(C)c5)cc34)cc2CN1C(=O)Nc1cnc(CN2CCN(C)CC2)c(C(F)(F)F)c1. The number of halogens is 4. The molecule has 6 heterocycles. The lowest BCUT2D eigenvalue weighted by Crippen LogP contribution is -2.45. The van der Waals surface area contributed by atoms with E-state index in [0.29, 0.717) is 42.0 Å². The van der Waals surface area contributed by atoms with Gasteiger partial charge in [-0.1, -0.05) is 6.07 Å². The van der Waals surface area contributed by atoms with Crippen molar-refractivity contribution < 1.29 is 27.1 Å². The molecule has 15 heteroatoms. The Labute approximate surface area is 279 Å². The predicted octanol–water partition coefficient (Wildman–Crippen LogP) is 6.03. The fourth-order valence-corrected chi connectivity index (χ4v) is 6.36. The minimum Gasteiger partial charge on any atom is -0.453 e. The summed E-state index contributed by atoms with van der Waals surface area (Å²) in [5, 5.41) is 7.26. The number of anilines is 1. The Bertz CT molecular complexity index is 2020. The molecule has 2 N–H and O–H groups in total. The minimum atomic E-state index is -4.63. The van der Waals surface area contributed by atoms with Crippen molar-refractivity contribution in [3.63, 3.8) is 0 Å². The molecular weight excluding hydrogens is 642 g/mol. The molecule has 5 aromatic rings. The summed E-state index contributed by atoms with van der Waals surface area (Å²) in [6.45, 7) is 4.96. The van der Waals surface area contributed by atoms with Gasteiger partial charge in [-0.2, -0.15) is 18.3 Å². The number of amides is 2. The minimum absolute atomic E-state index is 0.000782. The van der Waals surface area contributed by atoms with Crippen LogP contribution in [0.2, 0.25) is 0 Å². The Hall–Kier alpha value is -5.02. The number of pyridine rings is 2. The maximum absolute atomic E-state index is 15.1. The third-order valence-corrected chi connectivity index (χ3v) is 9.12. The third kappa shape index (κ3) is 6.81. The van der Waals surface area contributed by atoms with Crippen LogP contribution in [-0.4, -0.2) is 84.7 Å². The van der Waals surface area contributed by atoms with Gasteiger partial charge in [0, 0.05) is 64.1 Å². The highest BCUT2D eigenvalue weighted by molar-refractivity contribution is 5.90. The van der Waals surface area contributed by atoms with Gasteiger partial charge in [-0.15, -0.1) is 0 Å². The van der Waals surface area contributed by atoms with Crippen LogP contribution >= 0.6 is 0 Å². The van der Waals surface area contributed by atoms with Gasteiger partial charge in [0.25, 0.3) is 0 Å². The number of piperazine rings is 1. The van der Waals surface area contributed by atoms with Crippen molar-refractivity contribution in [2.24, 2.45) is 7.05 Å². The maximum atomic E-state index is 15.1. The normalized spacial score (nSPS) is 17.4. The van der Waals surface area contributed by atoms with Crippen molar-refractivity contribution in [1.29, 1.82) is 0 Å². The van der Waals surface area contributed by atoms with Crippen LogP contribution < -0.4 is 10.1 Å². The molecule has 1 atom stereocenters. The number of hydrogen-bond donors (Lipinski definition) is 2. The first-order chi connectivity index (χ1) is 23.4. The number of nitrogens with zero attached hydrogens (tertiary/aromatic N) is 7. The van der Waals surface area contributed by atoms with Crippen LogP contribution in [0.4, 0.5) is 28.0 Å². The summed E-state index contributed by atoms with van der Waals surface area (Å²) in [5.41, 5.74) is 2.74. The number of benzene rings is 1. The number of aromatic amines is 1. The molecule has 7 rings (SSSR count). The fourth-order valence-electron chi connectivity index (χ4n) is 6.36. The lowest BCUT2D eigenvalue weighted by Gasteiger charge is -2.35. The van der Waals surface area contributed by atoms with E-state index in [1.165, 1.54) is 6.20 Å². The molecule has 4 aromatic heterocycles. The van der Waals surface area contributed by atoms with E-state index in [4.69, 9.17) is 4.74 Å². The Balaban J connectivity index is 1.08. The summed E-state index contributed by atoms with van der Waals surface area (Å²) in [4.78, 5) is 30.6. The van der Waals surface area contributed by atoms with Crippen molar-refractivity contribution in [2.75, 3.05) is 38.5 Å². The van der Waals surface area contributed by atoms with Crippen LogP contribution in [0.15, 0.2) is 55.1 Å². The first-order valence-electron chi connectivity index (χ1n) is 15.9. The smallest absolute Gasteiger partial charge is 0.418 e. The second-order valence-corrected chi connectivity index (χ2v) is 12.7. The average Bonchev–Trinajstić information content (AvgIpc) is 3.70. The van der Waals surface area contributed by atoms with Crippen molar-refractivity contribution in [3.05, 3.63) is 83.3 Å². The molecule has 0 bridgehead atoms. The van der Waals surface area contributed by atoms with Gasteiger partial charge in [-0.3, -0.25) is 14.6 Å². The number of fused-ring (bicyclic) bond motifs is 2. The number of H-pyrrole nitrogens is 1. The Morgan fingerprint density at radius 2 is 1.84 bits per heavy atom. The van der Waals surface area contributed by atoms with Crippen molar-refractivity contribution in [1.82, 2.24) is 39.4 Å². The van der Waals surface area contributed by atoms with Crippen LogP contribution in [-0.2, 0) is 32.7 Å². The number of aromatic nitrogens is 5.